The zero-order valence-electron chi connectivity index (χ0n) is 13.1. The van der Waals surface area contributed by atoms with E-state index in [9.17, 15) is 5.11 Å². The van der Waals surface area contributed by atoms with Gasteiger partial charge in [0.25, 0.3) is 0 Å². The largest absolute Gasteiger partial charge is 0.395 e. The summed E-state index contributed by atoms with van der Waals surface area (Å²) < 4.78 is 1.13. The number of aliphatic hydroxyl groups is 1. The van der Waals surface area contributed by atoms with Crippen molar-refractivity contribution in [2.45, 2.75) is 51.1 Å². The Morgan fingerprint density at radius 3 is 2.62 bits per heavy atom. The lowest BCUT2D eigenvalue weighted by Crippen LogP contribution is -2.39. The molecule has 0 radical (unpaired) electrons. The van der Waals surface area contributed by atoms with Gasteiger partial charge in [-0.15, -0.1) is 0 Å². The maximum atomic E-state index is 9.43. The highest BCUT2D eigenvalue weighted by molar-refractivity contribution is 9.10. The highest BCUT2D eigenvalue weighted by Gasteiger charge is 2.22. The molecule has 1 aromatic carbocycles. The average Bonchev–Trinajstić information content (AvgIpc) is 2.53. The molecule has 2 rings (SSSR count). The van der Waals surface area contributed by atoms with E-state index in [4.69, 9.17) is 0 Å². The van der Waals surface area contributed by atoms with E-state index < -0.39 is 0 Å². The summed E-state index contributed by atoms with van der Waals surface area (Å²) in [6, 6.07) is 7.49. The van der Waals surface area contributed by atoms with Gasteiger partial charge >= 0.3 is 0 Å². The number of hydrogen-bond donors (Lipinski definition) is 2. The summed E-state index contributed by atoms with van der Waals surface area (Å²) in [6.07, 6.45) is 6.43. The number of anilines is 1. The first-order valence-corrected chi connectivity index (χ1v) is 8.81. The highest BCUT2D eigenvalue weighted by Crippen LogP contribution is 2.34. The van der Waals surface area contributed by atoms with Gasteiger partial charge in [-0.25, -0.2) is 0 Å². The van der Waals surface area contributed by atoms with Gasteiger partial charge in [0, 0.05) is 23.1 Å². The third-order valence-electron chi connectivity index (χ3n) is 4.57. The van der Waals surface area contributed by atoms with Crippen molar-refractivity contribution in [3.8, 4) is 0 Å². The molecule has 0 heterocycles. The van der Waals surface area contributed by atoms with Crippen molar-refractivity contribution in [3.63, 3.8) is 0 Å². The van der Waals surface area contributed by atoms with Crippen molar-refractivity contribution in [1.82, 2.24) is 5.32 Å². The minimum Gasteiger partial charge on any atom is -0.395 e. The van der Waals surface area contributed by atoms with E-state index in [1.54, 1.807) is 0 Å². The number of benzene rings is 1. The van der Waals surface area contributed by atoms with E-state index in [0.29, 0.717) is 18.6 Å². The molecule has 1 unspecified atom stereocenters. The fourth-order valence-corrected chi connectivity index (χ4v) is 3.82. The van der Waals surface area contributed by atoms with Crippen LogP contribution in [-0.4, -0.2) is 31.3 Å². The van der Waals surface area contributed by atoms with Crippen molar-refractivity contribution in [1.29, 1.82) is 0 Å². The number of hydrogen-bond acceptors (Lipinski definition) is 3. The van der Waals surface area contributed by atoms with Gasteiger partial charge in [-0.3, -0.25) is 0 Å². The lowest BCUT2D eigenvalue weighted by Gasteiger charge is -2.36. The summed E-state index contributed by atoms with van der Waals surface area (Å²) in [5, 5.41) is 12.7. The van der Waals surface area contributed by atoms with Gasteiger partial charge in [-0.2, -0.15) is 0 Å². The van der Waals surface area contributed by atoms with Crippen LogP contribution in [0.15, 0.2) is 22.7 Å². The van der Waals surface area contributed by atoms with Crippen LogP contribution in [-0.2, 0) is 0 Å². The van der Waals surface area contributed by atoms with Crippen LogP contribution in [0.25, 0.3) is 0 Å². The summed E-state index contributed by atoms with van der Waals surface area (Å²) in [5.74, 6) is 0. The number of nitrogens with zero attached hydrogens (tertiary/aromatic N) is 1. The SMILES string of the molecule is CNC(C)c1ccc(N(CCO)C2CCCCC2)c(Br)c1. The third-order valence-corrected chi connectivity index (χ3v) is 5.21. The second-order valence-electron chi connectivity index (χ2n) is 5.93. The molecule has 0 amide bonds. The van der Waals surface area contributed by atoms with Crippen LogP contribution in [0.4, 0.5) is 5.69 Å². The molecule has 1 fully saturated rings. The van der Waals surface area contributed by atoms with Crippen molar-refractivity contribution in [3.05, 3.63) is 28.2 Å². The summed E-state index contributed by atoms with van der Waals surface area (Å²) in [4.78, 5) is 2.39. The Morgan fingerprint density at radius 2 is 2.05 bits per heavy atom. The van der Waals surface area contributed by atoms with Crippen LogP contribution in [0.2, 0.25) is 0 Å². The van der Waals surface area contributed by atoms with Crippen molar-refractivity contribution in [2.24, 2.45) is 0 Å². The maximum Gasteiger partial charge on any atom is 0.0606 e. The van der Waals surface area contributed by atoms with Crippen molar-refractivity contribution >= 4 is 21.6 Å². The molecule has 118 valence electrons. The van der Waals surface area contributed by atoms with Gasteiger partial charge < -0.3 is 15.3 Å². The van der Waals surface area contributed by atoms with E-state index in [1.165, 1.54) is 43.4 Å². The molecular weight excluding hydrogens is 328 g/mol. The molecule has 21 heavy (non-hydrogen) atoms. The van der Waals surface area contributed by atoms with E-state index >= 15 is 0 Å². The summed E-state index contributed by atoms with van der Waals surface area (Å²) in [6.45, 7) is 3.08. The fraction of sp³-hybridized carbons (Fsp3) is 0.647. The molecule has 1 atom stereocenters. The quantitative estimate of drug-likeness (QED) is 0.813. The molecular formula is C17H27BrN2O. The van der Waals surface area contributed by atoms with Crippen LogP contribution >= 0.6 is 15.9 Å². The Morgan fingerprint density at radius 1 is 1.33 bits per heavy atom. The summed E-state index contributed by atoms with van der Waals surface area (Å²) in [7, 11) is 1.98. The lowest BCUT2D eigenvalue weighted by molar-refractivity contribution is 0.290. The normalized spacial score (nSPS) is 17.7. The van der Waals surface area contributed by atoms with E-state index in [-0.39, 0.29) is 6.61 Å². The third kappa shape index (κ3) is 4.21. The second kappa shape index (κ2) is 8.16. The Labute approximate surface area is 136 Å². The molecule has 0 bridgehead atoms. The van der Waals surface area contributed by atoms with Crippen LogP contribution < -0.4 is 10.2 Å². The van der Waals surface area contributed by atoms with Crippen LogP contribution in [0.1, 0.15) is 50.6 Å². The summed E-state index contributed by atoms with van der Waals surface area (Å²) >= 11 is 3.73. The highest BCUT2D eigenvalue weighted by atomic mass is 79.9. The minimum atomic E-state index is 0.206. The van der Waals surface area contributed by atoms with E-state index in [2.05, 4.69) is 51.3 Å². The van der Waals surface area contributed by atoms with Crippen molar-refractivity contribution in [2.75, 3.05) is 25.1 Å². The molecule has 4 heteroatoms. The Kier molecular flexibility index (Phi) is 6.52. The second-order valence-corrected chi connectivity index (χ2v) is 6.78. The number of halogens is 1. The van der Waals surface area contributed by atoms with Gasteiger partial charge in [-0.05, 0) is 60.4 Å². The predicted molar refractivity (Wildman–Crippen MR) is 92.9 cm³/mol. The molecule has 1 aliphatic rings. The van der Waals surface area contributed by atoms with Gasteiger partial charge in [0.2, 0.25) is 0 Å². The number of rotatable bonds is 6. The molecule has 0 aliphatic heterocycles. The molecule has 3 nitrogen and oxygen atoms in total. The monoisotopic (exact) mass is 354 g/mol. The van der Waals surface area contributed by atoms with Gasteiger partial charge in [0.15, 0.2) is 0 Å². The first kappa shape index (κ1) is 16.8. The molecule has 1 aliphatic carbocycles. The van der Waals surface area contributed by atoms with E-state index in [1.807, 2.05) is 7.05 Å². The Hall–Kier alpha value is -0.580. The number of aliphatic hydroxyl groups excluding tert-OH is 1. The summed E-state index contributed by atoms with van der Waals surface area (Å²) in [5.41, 5.74) is 2.49. The maximum absolute atomic E-state index is 9.43. The number of nitrogens with one attached hydrogen (secondary N) is 1. The van der Waals surface area contributed by atoms with Gasteiger partial charge in [0.1, 0.15) is 0 Å². The van der Waals surface area contributed by atoms with Crippen molar-refractivity contribution < 1.29 is 5.11 Å². The smallest absolute Gasteiger partial charge is 0.0606 e. The lowest BCUT2D eigenvalue weighted by atomic mass is 9.93. The zero-order valence-corrected chi connectivity index (χ0v) is 14.7. The topological polar surface area (TPSA) is 35.5 Å². The fourth-order valence-electron chi connectivity index (χ4n) is 3.19. The molecule has 2 N–H and O–H groups in total. The Bertz CT molecular complexity index is 446. The molecule has 1 aromatic rings. The predicted octanol–water partition coefficient (Wildman–Crippen LogP) is 3.86. The molecule has 0 aromatic heterocycles. The molecule has 0 saturated heterocycles. The van der Waals surface area contributed by atoms with Gasteiger partial charge in [0.05, 0.1) is 12.3 Å². The minimum absolute atomic E-state index is 0.206. The van der Waals surface area contributed by atoms with Crippen LogP contribution in [0.5, 0.6) is 0 Å². The van der Waals surface area contributed by atoms with Crippen LogP contribution in [0.3, 0.4) is 0 Å². The van der Waals surface area contributed by atoms with Crippen LogP contribution in [0, 0.1) is 0 Å². The first-order chi connectivity index (χ1) is 10.2. The standard InChI is InChI=1S/C17H27BrN2O/c1-13(19-2)14-8-9-17(16(18)12-14)20(10-11-21)15-6-4-3-5-7-15/h8-9,12-13,15,19,21H,3-7,10-11H2,1-2H3. The first-order valence-electron chi connectivity index (χ1n) is 8.01. The Balaban J connectivity index is 2.23. The average molecular weight is 355 g/mol. The zero-order chi connectivity index (χ0) is 15.2. The van der Waals surface area contributed by atoms with Gasteiger partial charge in [-0.1, -0.05) is 25.3 Å². The van der Waals surface area contributed by atoms with E-state index in [0.717, 1.165) is 4.47 Å². The molecule has 1 saturated carbocycles. The molecule has 0 spiro atoms.